The minimum absolute atomic E-state index is 0.826. The third-order valence-electron chi connectivity index (χ3n) is 0.556. The average Bonchev–Trinajstić information content (AvgIpc) is 2.40. The van der Waals surface area contributed by atoms with Crippen molar-refractivity contribution >= 4 is 17.0 Å². The second-order valence-electron chi connectivity index (χ2n) is 2.11. The van der Waals surface area contributed by atoms with Crippen LogP contribution in [0, 0.1) is 7.05 Å². The van der Waals surface area contributed by atoms with E-state index in [0.29, 0.717) is 0 Å². The number of hydrogen-bond donors (Lipinski definition) is 0. The maximum absolute atomic E-state index is 4.93. The molecule has 0 heterocycles. The fourth-order valence-electron chi connectivity index (χ4n) is 0.321. The fraction of sp³-hybridized carbons (Fsp3) is 0.250. The van der Waals surface area contributed by atoms with Gasteiger partial charge >= 0.3 is 37.9 Å². The minimum Gasteiger partial charge on any atom is -0.214 e. The van der Waals surface area contributed by atoms with E-state index in [0.717, 1.165) is 0 Å². The summed E-state index contributed by atoms with van der Waals surface area (Å²) in [7, 11) is 17.1. The second kappa shape index (κ2) is 14.3. The maximum atomic E-state index is 4.93. The molecule has 0 saturated heterocycles. The van der Waals surface area contributed by atoms with Crippen molar-refractivity contribution in [1.29, 1.82) is 0 Å². The zero-order valence-electron chi connectivity index (χ0n) is 7.30. The Morgan fingerprint density at radius 2 is 1.50 bits per heavy atom. The molecular formula is C8H13Cl2NZr. The molecule has 68 valence electrons. The van der Waals surface area contributed by atoms with Crippen LogP contribution in [0.15, 0.2) is 30.3 Å². The van der Waals surface area contributed by atoms with Gasteiger partial charge < -0.3 is 4.90 Å². The Morgan fingerprint density at radius 1 is 1.25 bits per heavy atom. The van der Waals surface area contributed by atoms with Gasteiger partial charge in [0, 0.05) is 0 Å². The first-order valence-corrected chi connectivity index (χ1v) is 9.59. The van der Waals surface area contributed by atoms with E-state index in [-0.39, 0.29) is 0 Å². The van der Waals surface area contributed by atoms with Crippen LogP contribution in [0.4, 0.5) is 0 Å². The molecule has 4 heteroatoms. The van der Waals surface area contributed by atoms with Crippen molar-refractivity contribution in [2.24, 2.45) is 0 Å². The molecule has 1 nitrogen and oxygen atoms in total. The van der Waals surface area contributed by atoms with Crippen LogP contribution in [0.25, 0.3) is 0 Å². The summed E-state index contributed by atoms with van der Waals surface area (Å²) in [5.41, 5.74) is 0. The van der Waals surface area contributed by atoms with Gasteiger partial charge in [-0.1, -0.05) is 0 Å². The average molecular weight is 285 g/mol. The maximum Gasteiger partial charge on any atom is -0.172 e. The summed E-state index contributed by atoms with van der Waals surface area (Å²) in [5.74, 6) is 0. The topological polar surface area (TPSA) is 3.24 Å². The molecule has 12 heavy (non-hydrogen) atoms. The van der Waals surface area contributed by atoms with E-state index >= 15 is 0 Å². The third-order valence-corrected chi connectivity index (χ3v) is 0.556. The van der Waals surface area contributed by atoms with Gasteiger partial charge in [-0.3, -0.25) is 7.05 Å². The molecule has 0 radical (unpaired) electrons. The zero-order chi connectivity index (χ0) is 9.82. The molecule has 1 aromatic rings. The molecule has 0 saturated carbocycles. The molecular weight excluding hydrogens is 272 g/mol. The molecule has 0 spiro atoms. The van der Waals surface area contributed by atoms with Crippen LogP contribution in [0.3, 0.4) is 0 Å². The largest absolute Gasteiger partial charge is 0.214 e. The predicted octanol–water partition coefficient (Wildman–Crippen LogP) is 3.12. The van der Waals surface area contributed by atoms with E-state index in [2.05, 4.69) is 7.05 Å². The molecule has 0 atom stereocenters. The Labute approximate surface area is 93.7 Å². The summed E-state index contributed by atoms with van der Waals surface area (Å²) >= 11 is -0.826. The van der Waals surface area contributed by atoms with Crippen molar-refractivity contribution in [3.05, 3.63) is 37.4 Å². The van der Waals surface area contributed by atoms with Crippen molar-refractivity contribution in [2.45, 2.75) is 0 Å². The quantitative estimate of drug-likeness (QED) is 0.662. The van der Waals surface area contributed by atoms with Gasteiger partial charge in [0.05, 0.1) is 0 Å². The summed E-state index contributed by atoms with van der Waals surface area (Å²) in [6.07, 6.45) is 0. The first kappa shape index (κ1) is 15.3. The smallest absolute Gasteiger partial charge is 0.172 e. The van der Waals surface area contributed by atoms with E-state index in [1.807, 2.05) is 44.4 Å². The molecule has 0 aliphatic carbocycles. The van der Waals surface area contributed by atoms with Crippen LogP contribution < -0.4 is 0 Å². The number of rotatable bonds is 0. The van der Waals surface area contributed by atoms with E-state index in [1.54, 1.807) is 4.90 Å². The van der Waals surface area contributed by atoms with Crippen LogP contribution in [0.2, 0.25) is 0 Å². The van der Waals surface area contributed by atoms with Gasteiger partial charge in [0.2, 0.25) is 0 Å². The van der Waals surface area contributed by atoms with Crippen molar-refractivity contribution in [3.63, 3.8) is 0 Å². The molecule has 0 amide bonds. The van der Waals surface area contributed by atoms with Gasteiger partial charge in [-0.15, -0.1) is 0 Å². The summed E-state index contributed by atoms with van der Waals surface area (Å²) in [5, 5.41) is 0. The van der Waals surface area contributed by atoms with Crippen molar-refractivity contribution in [2.75, 3.05) is 14.1 Å². The first-order chi connectivity index (χ1) is 5.65. The van der Waals surface area contributed by atoms with E-state index in [9.17, 15) is 0 Å². The van der Waals surface area contributed by atoms with Gasteiger partial charge in [0.1, 0.15) is 0 Å². The molecule has 0 N–H and O–H groups in total. The number of halogens is 2. The molecule has 0 unspecified atom stereocenters. The number of nitrogens with zero attached hydrogens (tertiary/aromatic N) is 1. The Kier molecular flexibility index (Phi) is 18.2. The first-order valence-electron chi connectivity index (χ1n) is 3.26. The molecule has 1 rings (SSSR count). The van der Waals surface area contributed by atoms with Crippen LogP contribution >= 0.6 is 17.0 Å². The van der Waals surface area contributed by atoms with Crippen LogP contribution in [0.1, 0.15) is 0 Å². The Hall–Kier alpha value is 0.773. The minimum atomic E-state index is -0.826. The van der Waals surface area contributed by atoms with Crippen LogP contribution in [-0.4, -0.2) is 19.0 Å². The van der Waals surface area contributed by atoms with Gasteiger partial charge in [0.15, 0.2) is 0 Å². The molecule has 0 bridgehead atoms. The summed E-state index contributed by atoms with van der Waals surface area (Å²) < 4.78 is 0. The number of hydrogen-bond acceptors (Lipinski definition) is 1. The SMILES string of the molecule is [CH2-]N(C)C.[Cl][Zr+2][Cl].c1cc[cH-]c1. The molecule has 0 aliphatic heterocycles. The Bertz CT molecular complexity index is 112. The van der Waals surface area contributed by atoms with Gasteiger partial charge in [-0.2, -0.15) is 18.2 Å². The van der Waals surface area contributed by atoms with E-state index in [1.165, 1.54) is 0 Å². The Balaban J connectivity index is 0. The van der Waals surface area contributed by atoms with E-state index in [4.69, 9.17) is 17.0 Å². The van der Waals surface area contributed by atoms with Gasteiger partial charge in [0.25, 0.3) is 0 Å². The monoisotopic (exact) mass is 283 g/mol. The summed E-state index contributed by atoms with van der Waals surface area (Å²) in [6.45, 7) is 0. The normalized spacial score (nSPS) is 7.17. The van der Waals surface area contributed by atoms with Crippen molar-refractivity contribution in [3.8, 4) is 0 Å². The van der Waals surface area contributed by atoms with Crippen LogP contribution in [-0.2, 0) is 20.8 Å². The van der Waals surface area contributed by atoms with E-state index < -0.39 is 20.8 Å². The Morgan fingerprint density at radius 3 is 1.58 bits per heavy atom. The zero-order valence-corrected chi connectivity index (χ0v) is 11.3. The van der Waals surface area contributed by atoms with Gasteiger partial charge in [-0.25, -0.2) is 12.1 Å². The molecule has 0 aromatic heterocycles. The third kappa shape index (κ3) is 30.9. The summed E-state index contributed by atoms with van der Waals surface area (Å²) in [6, 6.07) is 10.0. The molecule has 0 aliphatic rings. The molecule has 0 fully saturated rings. The van der Waals surface area contributed by atoms with Crippen molar-refractivity contribution in [1.82, 2.24) is 4.90 Å². The fourth-order valence-corrected chi connectivity index (χ4v) is 0.321. The summed E-state index contributed by atoms with van der Waals surface area (Å²) in [4.78, 5) is 1.75. The molecule has 1 aromatic carbocycles. The standard InChI is InChI=1S/C5H5.C3H8N.2ClH.Zr/c1-2-4-5-3-1;1-4(2)3;;;/h1-5H;1H2,2-3H3;2*1H;/q2*-1;;;+4/p-2. The van der Waals surface area contributed by atoms with Gasteiger partial charge in [-0.05, 0) is 14.1 Å². The second-order valence-corrected chi connectivity index (χ2v) is 5.85. The predicted molar refractivity (Wildman–Crippen MR) is 52.8 cm³/mol. The van der Waals surface area contributed by atoms with Crippen LogP contribution in [0.5, 0.6) is 0 Å². The van der Waals surface area contributed by atoms with Crippen molar-refractivity contribution < 1.29 is 20.8 Å².